The summed E-state index contributed by atoms with van der Waals surface area (Å²) < 4.78 is 24.0. The van der Waals surface area contributed by atoms with Gasteiger partial charge in [-0.15, -0.1) is 0 Å². The second-order valence-corrected chi connectivity index (χ2v) is 7.30. The second-order valence-electron chi connectivity index (χ2n) is 6.91. The van der Waals surface area contributed by atoms with E-state index in [9.17, 15) is 14.0 Å². The summed E-state index contributed by atoms with van der Waals surface area (Å²) in [7, 11) is 0. The molecule has 9 heteroatoms. The van der Waals surface area contributed by atoms with E-state index in [2.05, 4.69) is 5.32 Å². The van der Waals surface area contributed by atoms with Crippen LogP contribution in [0, 0.1) is 5.82 Å². The average Bonchev–Trinajstić information content (AvgIpc) is 3.31. The minimum Gasteiger partial charge on any atom is -0.454 e. The van der Waals surface area contributed by atoms with Crippen LogP contribution >= 0.6 is 12.2 Å². The number of nitrogens with zero attached hydrogens (tertiary/aromatic N) is 2. The fraction of sp³-hybridized carbons (Fsp3) is 0.286. The lowest BCUT2D eigenvalue weighted by molar-refractivity contribution is -0.122. The molecule has 2 aromatic rings. The first-order valence-electron chi connectivity index (χ1n) is 9.53. The lowest BCUT2D eigenvalue weighted by Gasteiger charge is -2.30. The zero-order chi connectivity index (χ0) is 21.3. The fourth-order valence-corrected chi connectivity index (χ4v) is 3.87. The molecule has 0 radical (unpaired) electrons. The molecule has 0 unspecified atom stereocenters. The number of thiocarbonyl (C=S) groups is 1. The molecule has 1 N–H and O–H groups in total. The number of halogens is 1. The number of hydrogen-bond donors (Lipinski definition) is 1. The number of benzene rings is 2. The van der Waals surface area contributed by atoms with Gasteiger partial charge in [0.15, 0.2) is 16.6 Å². The lowest BCUT2D eigenvalue weighted by Crippen LogP contribution is -2.49. The van der Waals surface area contributed by atoms with Crippen molar-refractivity contribution in [3.8, 4) is 11.5 Å². The summed E-state index contributed by atoms with van der Waals surface area (Å²) in [5.74, 6) is 0.101. The summed E-state index contributed by atoms with van der Waals surface area (Å²) in [4.78, 5) is 28.6. The van der Waals surface area contributed by atoms with Crippen molar-refractivity contribution in [2.45, 2.75) is 25.9 Å². The molecule has 7 nitrogen and oxygen atoms in total. The molecule has 0 spiro atoms. The van der Waals surface area contributed by atoms with Gasteiger partial charge in [0.25, 0.3) is 5.91 Å². The van der Waals surface area contributed by atoms with Crippen LogP contribution in [0.3, 0.4) is 0 Å². The second kappa shape index (κ2) is 8.27. The van der Waals surface area contributed by atoms with Crippen molar-refractivity contribution in [2.75, 3.05) is 18.2 Å². The molecule has 30 heavy (non-hydrogen) atoms. The van der Waals surface area contributed by atoms with Gasteiger partial charge in [-0.3, -0.25) is 9.59 Å². The Kier molecular flexibility index (Phi) is 5.54. The normalized spacial score (nSPS) is 17.4. The number of ether oxygens (including phenoxy) is 2. The van der Waals surface area contributed by atoms with Gasteiger partial charge in [-0.25, -0.2) is 9.29 Å². The molecule has 2 aliphatic heterocycles. The number of fused-ring (bicyclic) bond motifs is 1. The van der Waals surface area contributed by atoms with Crippen LogP contribution < -0.4 is 19.7 Å². The van der Waals surface area contributed by atoms with Crippen LogP contribution in [0.25, 0.3) is 0 Å². The zero-order valence-corrected chi connectivity index (χ0v) is 17.1. The Morgan fingerprint density at radius 1 is 1.20 bits per heavy atom. The SMILES string of the molecule is CCNC(=S)N(Cc1ccc2c(c1)OCO2)[C@@H]1CC(=O)N(c2ccc(F)cc2)C1=O. The van der Waals surface area contributed by atoms with E-state index in [0.29, 0.717) is 35.4 Å². The molecule has 2 amide bonds. The summed E-state index contributed by atoms with van der Waals surface area (Å²) in [6, 6.07) is 10.0. The molecular formula is C21H20FN3O4S. The Hall–Kier alpha value is -3.20. The maximum Gasteiger partial charge on any atom is 0.257 e. The van der Waals surface area contributed by atoms with Crippen LogP contribution in [0.4, 0.5) is 10.1 Å². The van der Waals surface area contributed by atoms with Crippen molar-refractivity contribution in [1.82, 2.24) is 10.2 Å². The van der Waals surface area contributed by atoms with Crippen molar-refractivity contribution < 1.29 is 23.5 Å². The van der Waals surface area contributed by atoms with Gasteiger partial charge < -0.3 is 19.7 Å². The molecular weight excluding hydrogens is 409 g/mol. The van der Waals surface area contributed by atoms with Crippen LogP contribution in [0.5, 0.6) is 11.5 Å². The standard InChI is InChI=1S/C21H20FN3O4S/c1-2-23-21(30)24(11-13-3-8-17-18(9-13)29-12-28-17)16-10-19(26)25(20(16)27)15-6-4-14(22)5-7-15/h3-9,16H,2,10-12H2,1H3,(H,23,30)/t16-/m1/s1. The Morgan fingerprint density at radius 3 is 2.67 bits per heavy atom. The molecule has 1 atom stereocenters. The number of imide groups is 1. The lowest BCUT2D eigenvalue weighted by atomic mass is 10.1. The molecule has 1 saturated heterocycles. The maximum atomic E-state index is 13.3. The summed E-state index contributed by atoms with van der Waals surface area (Å²) in [6.07, 6.45) is -0.0215. The third-order valence-corrected chi connectivity index (χ3v) is 5.34. The van der Waals surface area contributed by atoms with Gasteiger partial charge in [0.1, 0.15) is 11.9 Å². The molecule has 2 aliphatic rings. The van der Waals surface area contributed by atoms with Crippen molar-refractivity contribution in [3.05, 3.63) is 53.8 Å². The van der Waals surface area contributed by atoms with Gasteiger partial charge in [0.2, 0.25) is 12.7 Å². The number of anilines is 1. The van der Waals surface area contributed by atoms with Gasteiger partial charge in [0.05, 0.1) is 12.1 Å². The summed E-state index contributed by atoms with van der Waals surface area (Å²) in [5, 5.41) is 3.44. The fourth-order valence-electron chi connectivity index (χ4n) is 3.53. The van der Waals surface area contributed by atoms with Crippen LogP contribution in [-0.4, -0.2) is 41.2 Å². The van der Waals surface area contributed by atoms with Crippen molar-refractivity contribution in [2.24, 2.45) is 0 Å². The predicted molar refractivity (Wildman–Crippen MR) is 112 cm³/mol. The van der Waals surface area contributed by atoms with Crippen LogP contribution in [0.15, 0.2) is 42.5 Å². The highest BCUT2D eigenvalue weighted by molar-refractivity contribution is 7.80. The van der Waals surface area contributed by atoms with Crippen LogP contribution in [0.1, 0.15) is 18.9 Å². The molecule has 0 aliphatic carbocycles. The number of amides is 2. The molecule has 2 aromatic carbocycles. The highest BCUT2D eigenvalue weighted by Crippen LogP contribution is 2.33. The Morgan fingerprint density at radius 2 is 1.93 bits per heavy atom. The van der Waals surface area contributed by atoms with E-state index in [4.69, 9.17) is 21.7 Å². The highest BCUT2D eigenvalue weighted by Gasteiger charge is 2.43. The van der Waals surface area contributed by atoms with E-state index in [0.717, 1.165) is 10.5 Å². The van der Waals surface area contributed by atoms with E-state index in [1.54, 1.807) is 11.0 Å². The number of carbonyl (C=O) groups is 2. The molecule has 2 heterocycles. The monoisotopic (exact) mass is 429 g/mol. The Bertz CT molecular complexity index is 998. The predicted octanol–water partition coefficient (Wildman–Crippen LogP) is 2.58. The van der Waals surface area contributed by atoms with Crippen LogP contribution in [0.2, 0.25) is 0 Å². The molecule has 0 saturated carbocycles. The third kappa shape index (κ3) is 3.80. The maximum absolute atomic E-state index is 13.3. The average molecular weight is 429 g/mol. The largest absolute Gasteiger partial charge is 0.454 e. The summed E-state index contributed by atoms with van der Waals surface area (Å²) in [6.45, 7) is 2.95. The van der Waals surface area contributed by atoms with Crippen LogP contribution in [-0.2, 0) is 16.1 Å². The highest BCUT2D eigenvalue weighted by atomic mass is 32.1. The minimum atomic E-state index is -0.764. The summed E-state index contributed by atoms with van der Waals surface area (Å²) >= 11 is 5.50. The molecule has 1 fully saturated rings. The van der Waals surface area contributed by atoms with E-state index in [1.807, 2.05) is 19.1 Å². The van der Waals surface area contributed by atoms with Gasteiger partial charge in [-0.2, -0.15) is 0 Å². The number of carbonyl (C=O) groups excluding carboxylic acids is 2. The van der Waals surface area contributed by atoms with Crippen molar-refractivity contribution >= 4 is 34.8 Å². The first-order valence-corrected chi connectivity index (χ1v) is 9.94. The quantitative estimate of drug-likeness (QED) is 0.579. The molecule has 156 valence electrons. The van der Waals surface area contributed by atoms with Crippen molar-refractivity contribution in [1.29, 1.82) is 0 Å². The van der Waals surface area contributed by atoms with E-state index in [1.165, 1.54) is 24.3 Å². The van der Waals surface area contributed by atoms with Gasteiger partial charge in [-0.05, 0) is 61.1 Å². The Labute approximate surface area is 178 Å². The molecule has 4 rings (SSSR count). The number of rotatable bonds is 5. The smallest absolute Gasteiger partial charge is 0.257 e. The molecule has 0 bridgehead atoms. The topological polar surface area (TPSA) is 71.1 Å². The van der Waals surface area contributed by atoms with Crippen molar-refractivity contribution in [3.63, 3.8) is 0 Å². The first kappa shape index (κ1) is 20.1. The first-order chi connectivity index (χ1) is 14.5. The third-order valence-electron chi connectivity index (χ3n) is 4.96. The number of nitrogens with one attached hydrogen (secondary N) is 1. The van der Waals surface area contributed by atoms with Gasteiger partial charge >= 0.3 is 0 Å². The summed E-state index contributed by atoms with van der Waals surface area (Å²) in [5.41, 5.74) is 1.20. The molecule has 0 aromatic heterocycles. The van der Waals surface area contributed by atoms with E-state index < -0.39 is 17.8 Å². The van der Waals surface area contributed by atoms with Gasteiger partial charge in [0, 0.05) is 13.1 Å². The van der Waals surface area contributed by atoms with E-state index in [-0.39, 0.29) is 19.1 Å². The van der Waals surface area contributed by atoms with Gasteiger partial charge in [-0.1, -0.05) is 6.07 Å². The van der Waals surface area contributed by atoms with E-state index >= 15 is 0 Å². The zero-order valence-electron chi connectivity index (χ0n) is 16.3. The minimum absolute atomic E-state index is 0.0215. The Balaban J connectivity index is 1.60. The number of hydrogen-bond acceptors (Lipinski definition) is 5.